The predicted octanol–water partition coefficient (Wildman–Crippen LogP) is 3.04. The zero-order chi connectivity index (χ0) is 21.6. The summed E-state index contributed by atoms with van der Waals surface area (Å²) >= 11 is 0. The summed E-state index contributed by atoms with van der Waals surface area (Å²) in [5.74, 6) is -0.355. The minimum Gasteiger partial charge on any atom is -0.375 e. The third kappa shape index (κ3) is 5.61. The van der Waals surface area contributed by atoms with Crippen molar-refractivity contribution in [2.75, 3.05) is 38.1 Å². The molecule has 2 aromatic rings. The van der Waals surface area contributed by atoms with Crippen molar-refractivity contribution in [3.8, 4) is 0 Å². The van der Waals surface area contributed by atoms with Crippen LogP contribution in [-0.2, 0) is 14.8 Å². The number of hydrogen-bond acceptors (Lipinski definition) is 4. The number of rotatable bonds is 8. The Bertz CT molecular complexity index is 930. The standard InChI is InChI=1S/C23H31N3O3S/c1-19-11-13-22(14-12-19)30(28,29)26-17-6-8-20(18-26)23(27)24-15-7-16-25(2)21-9-4-3-5-10-21/h3-5,9-14,20H,6-8,15-18H2,1-2H3,(H,24,27)/t20-/m0/s1. The smallest absolute Gasteiger partial charge is 0.243 e. The lowest BCUT2D eigenvalue weighted by atomic mass is 9.99. The molecule has 1 saturated heterocycles. The van der Waals surface area contributed by atoms with E-state index in [1.165, 1.54) is 4.31 Å². The number of benzene rings is 2. The normalized spacial score (nSPS) is 17.5. The highest BCUT2D eigenvalue weighted by Crippen LogP contribution is 2.24. The summed E-state index contributed by atoms with van der Waals surface area (Å²) in [5.41, 5.74) is 2.16. The van der Waals surface area contributed by atoms with Crippen LogP contribution in [0, 0.1) is 12.8 Å². The first-order valence-corrected chi connectivity index (χ1v) is 11.9. The first kappa shape index (κ1) is 22.3. The van der Waals surface area contributed by atoms with Gasteiger partial charge in [-0.2, -0.15) is 4.31 Å². The first-order chi connectivity index (χ1) is 14.4. The summed E-state index contributed by atoms with van der Waals surface area (Å²) in [6, 6.07) is 17.0. The number of para-hydroxylation sites is 1. The number of hydrogen-bond donors (Lipinski definition) is 1. The second-order valence-corrected chi connectivity index (χ2v) is 9.85. The lowest BCUT2D eigenvalue weighted by Gasteiger charge is -2.31. The van der Waals surface area contributed by atoms with Gasteiger partial charge in [0.05, 0.1) is 10.8 Å². The van der Waals surface area contributed by atoms with Crippen molar-refractivity contribution in [3.63, 3.8) is 0 Å². The Hall–Kier alpha value is -2.38. The third-order valence-corrected chi connectivity index (χ3v) is 7.46. The largest absolute Gasteiger partial charge is 0.375 e. The lowest BCUT2D eigenvalue weighted by molar-refractivity contribution is -0.126. The van der Waals surface area contributed by atoms with Crippen molar-refractivity contribution in [3.05, 3.63) is 60.2 Å². The van der Waals surface area contributed by atoms with Gasteiger partial charge in [-0.1, -0.05) is 35.9 Å². The minimum atomic E-state index is -3.57. The number of amides is 1. The van der Waals surface area contributed by atoms with Crippen molar-refractivity contribution in [2.45, 2.75) is 31.1 Å². The van der Waals surface area contributed by atoms with Gasteiger partial charge in [0, 0.05) is 38.9 Å². The minimum absolute atomic E-state index is 0.0545. The molecular formula is C23H31N3O3S. The van der Waals surface area contributed by atoms with Crippen molar-refractivity contribution >= 4 is 21.6 Å². The monoisotopic (exact) mass is 429 g/mol. The molecule has 1 atom stereocenters. The third-order valence-electron chi connectivity index (χ3n) is 5.58. The summed E-state index contributed by atoms with van der Waals surface area (Å²) in [7, 11) is -1.53. The topological polar surface area (TPSA) is 69.7 Å². The van der Waals surface area contributed by atoms with Gasteiger partial charge in [-0.15, -0.1) is 0 Å². The lowest BCUT2D eigenvalue weighted by Crippen LogP contribution is -2.45. The van der Waals surface area contributed by atoms with Crippen molar-refractivity contribution < 1.29 is 13.2 Å². The van der Waals surface area contributed by atoms with Gasteiger partial charge in [0.1, 0.15) is 0 Å². The quantitative estimate of drug-likeness (QED) is 0.655. The Morgan fingerprint density at radius 3 is 2.53 bits per heavy atom. The Labute approximate surface area is 179 Å². The van der Waals surface area contributed by atoms with Crippen LogP contribution >= 0.6 is 0 Å². The van der Waals surface area contributed by atoms with E-state index in [2.05, 4.69) is 22.3 Å². The molecule has 0 spiro atoms. The number of carbonyl (C=O) groups is 1. The highest BCUT2D eigenvalue weighted by atomic mass is 32.2. The van der Waals surface area contributed by atoms with E-state index in [4.69, 9.17) is 0 Å². The van der Waals surface area contributed by atoms with Crippen molar-refractivity contribution in [1.82, 2.24) is 9.62 Å². The number of anilines is 1. The average molecular weight is 430 g/mol. The van der Waals surface area contributed by atoms with Crippen LogP contribution in [0.4, 0.5) is 5.69 Å². The fourth-order valence-corrected chi connectivity index (χ4v) is 5.24. The van der Waals surface area contributed by atoms with Crippen LogP contribution in [-0.4, -0.2) is 51.9 Å². The number of nitrogens with zero attached hydrogens (tertiary/aromatic N) is 2. The summed E-state index contributed by atoms with van der Waals surface area (Å²) in [5, 5.41) is 2.99. The molecule has 6 nitrogen and oxygen atoms in total. The molecule has 162 valence electrons. The van der Waals surface area contributed by atoms with Gasteiger partial charge in [0.15, 0.2) is 0 Å². The maximum Gasteiger partial charge on any atom is 0.243 e. The molecule has 0 unspecified atom stereocenters. The van der Waals surface area contributed by atoms with Gasteiger partial charge in [-0.25, -0.2) is 8.42 Å². The molecule has 30 heavy (non-hydrogen) atoms. The van der Waals surface area contributed by atoms with Gasteiger partial charge < -0.3 is 10.2 Å². The summed E-state index contributed by atoms with van der Waals surface area (Å²) in [4.78, 5) is 15.1. The first-order valence-electron chi connectivity index (χ1n) is 10.5. The molecular weight excluding hydrogens is 398 g/mol. The van der Waals surface area contributed by atoms with Crippen LogP contribution in [0.25, 0.3) is 0 Å². The fraction of sp³-hybridized carbons (Fsp3) is 0.435. The van der Waals surface area contributed by atoms with E-state index >= 15 is 0 Å². The SMILES string of the molecule is Cc1ccc(S(=O)(=O)N2CCC[C@H](C(=O)NCCCN(C)c3ccccc3)C2)cc1. The molecule has 1 N–H and O–H groups in total. The zero-order valence-electron chi connectivity index (χ0n) is 17.8. The van der Waals surface area contributed by atoms with E-state index in [0.717, 1.165) is 30.6 Å². The van der Waals surface area contributed by atoms with E-state index in [1.54, 1.807) is 24.3 Å². The number of sulfonamides is 1. The van der Waals surface area contributed by atoms with E-state index in [1.807, 2.05) is 32.2 Å². The highest BCUT2D eigenvalue weighted by Gasteiger charge is 2.33. The fourth-order valence-electron chi connectivity index (χ4n) is 3.72. The molecule has 3 rings (SSSR count). The van der Waals surface area contributed by atoms with Crippen molar-refractivity contribution in [1.29, 1.82) is 0 Å². The van der Waals surface area contributed by atoms with Crippen LogP contribution in [0.1, 0.15) is 24.8 Å². The number of piperidine rings is 1. The molecule has 1 aliphatic heterocycles. The predicted molar refractivity (Wildman–Crippen MR) is 120 cm³/mol. The maximum atomic E-state index is 12.9. The molecule has 1 amide bonds. The molecule has 0 saturated carbocycles. The molecule has 0 radical (unpaired) electrons. The van der Waals surface area contributed by atoms with Crippen molar-refractivity contribution in [2.24, 2.45) is 5.92 Å². The summed E-state index contributed by atoms with van der Waals surface area (Å²) < 4.78 is 27.3. The Balaban J connectivity index is 1.49. The average Bonchev–Trinajstić information content (AvgIpc) is 2.77. The maximum absolute atomic E-state index is 12.9. The molecule has 0 aromatic heterocycles. The van der Waals surface area contributed by atoms with Gasteiger partial charge >= 0.3 is 0 Å². The van der Waals surface area contributed by atoms with E-state index in [9.17, 15) is 13.2 Å². The molecule has 1 fully saturated rings. The Kier molecular flexibility index (Phi) is 7.50. The Morgan fingerprint density at radius 1 is 1.13 bits per heavy atom. The van der Waals surface area contributed by atoms with Crippen LogP contribution in [0.5, 0.6) is 0 Å². The molecule has 1 heterocycles. The van der Waals surface area contributed by atoms with E-state index in [0.29, 0.717) is 19.5 Å². The van der Waals surface area contributed by atoms with Gasteiger partial charge in [-0.05, 0) is 50.5 Å². The summed E-state index contributed by atoms with van der Waals surface area (Å²) in [6.45, 7) is 4.04. The number of carbonyl (C=O) groups excluding carboxylic acids is 1. The van der Waals surface area contributed by atoms with E-state index in [-0.39, 0.29) is 23.3 Å². The van der Waals surface area contributed by atoms with Crippen LogP contribution < -0.4 is 10.2 Å². The molecule has 0 bridgehead atoms. The van der Waals surface area contributed by atoms with Gasteiger partial charge in [0.2, 0.25) is 15.9 Å². The van der Waals surface area contributed by atoms with Crippen LogP contribution in [0.2, 0.25) is 0 Å². The second kappa shape index (κ2) is 10.1. The summed E-state index contributed by atoms with van der Waals surface area (Å²) in [6.07, 6.45) is 2.24. The second-order valence-electron chi connectivity index (χ2n) is 7.92. The Morgan fingerprint density at radius 2 is 1.83 bits per heavy atom. The zero-order valence-corrected chi connectivity index (χ0v) is 18.6. The number of aryl methyl sites for hydroxylation is 1. The van der Waals surface area contributed by atoms with E-state index < -0.39 is 10.0 Å². The van der Waals surface area contributed by atoms with Crippen LogP contribution in [0.3, 0.4) is 0 Å². The van der Waals surface area contributed by atoms with Gasteiger partial charge in [-0.3, -0.25) is 4.79 Å². The molecule has 7 heteroatoms. The number of nitrogens with one attached hydrogen (secondary N) is 1. The molecule has 0 aliphatic carbocycles. The van der Waals surface area contributed by atoms with Crippen LogP contribution in [0.15, 0.2) is 59.5 Å². The highest BCUT2D eigenvalue weighted by molar-refractivity contribution is 7.89. The molecule has 2 aromatic carbocycles. The van der Waals surface area contributed by atoms with Gasteiger partial charge in [0.25, 0.3) is 0 Å². The molecule has 1 aliphatic rings.